The summed E-state index contributed by atoms with van der Waals surface area (Å²) in [5.41, 5.74) is 0.638. The Balaban J connectivity index is 5.10. The van der Waals surface area contributed by atoms with Gasteiger partial charge in [-0.25, -0.2) is 4.79 Å². The number of rotatable bonds is 3. The van der Waals surface area contributed by atoms with E-state index in [1.807, 2.05) is 0 Å². The first kappa shape index (κ1) is 11.7. The molecule has 0 heterocycles. The van der Waals surface area contributed by atoms with Crippen molar-refractivity contribution in [3.63, 3.8) is 0 Å². The summed E-state index contributed by atoms with van der Waals surface area (Å²) in [6.07, 6.45) is 0.386. The summed E-state index contributed by atoms with van der Waals surface area (Å²) in [6.45, 7) is 3.40. The van der Waals surface area contributed by atoms with Crippen molar-refractivity contribution >= 4 is 11.7 Å². The molecule has 4 nitrogen and oxygen atoms in total. The molecule has 4 heteroatoms. The number of carbonyl (C=O) groups excluding carboxylic acids is 1. The molecular formula is C9H15NO3. The molecule has 0 aromatic carbocycles. The van der Waals surface area contributed by atoms with Crippen LogP contribution in [0.15, 0.2) is 16.3 Å². The molecule has 0 fully saturated rings. The molecule has 0 aliphatic rings. The molecule has 0 aromatic rings. The standard InChI is InChI=1S/C9H15NO3/c1-5-7(11)8(6(2)10-3)9(12)13-4/h11H,5H2,1-4H3. The smallest absolute Gasteiger partial charge is 0.343 e. The van der Waals surface area contributed by atoms with Crippen LogP contribution in [0.5, 0.6) is 0 Å². The Morgan fingerprint density at radius 1 is 1.54 bits per heavy atom. The van der Waals surface area contributed by atoms with Gasteiger partial charge < -0.3 is 9.84 Å². The van der Waals surface area contributed by atoms with Gasteiger partial charge in [0.15, 0.2) is 0 Å². The minimum absolute atomic E-state index is 0.00921. The third kappa shape index (κ3) is 2.89. The highest BCUT2D eigenvalue weighted by molar-refractivity contribution is 6.19. The number of hydrogen-bond acceptors (Lipinski definition) is 4. The van der Waals surface area contributed by atoms with Crippen LogP contribution in [0.4, 0.5) is 0 Å². The van der Waals surface area contributed by atoms with Gasteiger partial charge in [0, 0.05) is 19.2 Å². The van der Waals surface area contributed by atoms with Gasteiger partial charge in [0.05, 0.1) is 7.11 Å². The van der Waals surface area contributed by atoms with E-state index in [1.165, 1.54) is 7.11 Å². The van der Waals surface area contributed by atoms with Crippen molar-refractivity contribution in [1.82, 2.24) is 0 Å². The van der Waals surface area contributed by atoms with E-state index < -0.39 is 5.97 Å². The van der Waals surface area contributed by atoms with Crippen LogP contribution in [0.25, 0.3) is 0 Å². The number of esters is 1. The highest BCUT2D eigenvalue weighted by Gasteiger charge is 2.17. The number of methoxy groups -OCH3 is 1. The Hall–Kier alpha value is -1.32. The number of ether oxygens (including phenoxy) is 1. The molecular weight excluding hydrogens is 170 g/mol. The zero-order valence-corrected chi connectivity index (χ0v) is 8.42. The molecule has 13 heavy (non-hydrogen) atoms. The van der Waals surface area contributed by atoms with Crippen LogP contribution >= 0.6 is 0 Å². The molecule has 74 valence electrons. The number of allylic oxidation sites excluding steroid dienone is 1. The quantitative estimate of drug-likeness (QED) is 0.313. The number of aliphatic hydroxyl groups is 1. The molecule has 0 aliphatic heterocycles. The van der Waals surface area contributed by atoms with Crippen molar-refractivity contribution in [2.45, 2.75) is 20.3 Å². The van der Waals surface area contributed by atoms with Crippen LogP contribution in [-0.2, 0) is 9.53 Å². The Bertz CT molecular complexity index is 254. The zero-order chi connectivity index (χ0) is 10.4. The fraction of sp³-hybridized carbons (Fsp3) is 0.556. The Kier molecular flexibility index (Phi) is 4.80. The van der Waals surface area contributed by atoms with Gasteiger partial charge >= 0.3 is 5.97 Å². The van der Waals surface area contributed by atoms with E-state index in [1.54, 1.807) is 20.9 Å². The molecule has 0 saturated heterocycles. The van der Waals surface area contributed by atoms with Crippen LogP contribution in [0, 0.1) is 0 Å². The van der Waals surface area contributed by atoms with Gasteiger partial charge in [-0.3, -0.25) is 4.99 Å². The zero-order valence-electron chi connectivity index (χ0n) is 8.42. The van der Waals surface area contributed by atoms with Gasteiger partial charge in [0.25, 0.3) is 0 Å². The summed E-state index contributed by atoms with van der Waals surface area (Å²) in [5.74, 6) is -0.544. The van der Waals surface area contributed by atoms with Crippen molar-refractivity contribution < 1.29 is 14.6 Å². The van der Waals surface area contributed by atoms with Gasteiger partial charge in [-0.05, 0) is 6.92 Å². The first-order valence-electron chi connectivity index (χ1n) is 4.02. The molecule has 0 amide bonds. The normalized spacial score (nSPS) is 13.7. The fourth-order valence-corrected chi connectivity index (χ4v) is 0.865. The number of carbonyl (C=O) groups is 1. The maximum absolute atomic E-state index is 11.2. The predicted octanol–water partition coefficient (Wildman–Crippen LogP) is 1.47. The van der Waals surface area contributed by atoms with E-state index in [-0.39, 0.29) is 11.3 Å². The first-order chi connectivity index (χ1) is 6.08. The van der Waals surface area contributed by atoms with Gasteiger partial charge in [-0.1, -0.05) is 6.92 Å². The number of aliphatic hydroxyl groups excluding tert-OH is 1. The van der Waals surface area contributed by atoms with E-state index in [0.29, 0.717) is 12.1 Å². The van der Waals surface area contributed by atoms with Crippen molar-refractivity contribution in [1.29, 1.82) is 0 Å². The topological polar surface area (TPSA) is 58.9 Å². The number of aliphatic imine (C=N–C) groups is 1. The van der Waals surface area contributed by atoms with E-state index in [4.69, 9.17) is 0 Å². The lowest BCUT2D eigenvalue weighted by atomic mass is 10.1. The van der Waals surface area contributed by atoms with Crippen LogP contribution in [-0.4, -0.2) is 30.9 Å². The lowest BCUT2D eigenvalue weighted by molar-refractivity contribution is -0.135. The average molecular weight is 185 g/mol. The minimum atomic E-state index is -0.553. The molecule has 0 bridgehead atoms. The summed E-state index contributed by atoms with van der Waals surface area (Å²) in [4.78, 5) is 15.0. The summed E-state index contributed by atoms with van der Waals surface area (Å²) >= 11 is 0. The van der Waals surface area contributed by atoms with Crippen LogP contribution < -0.4 is 0 Å². The molecule has 0 rings (SSSR count). The van der Waals surface area contributed by atoms with Crippen molar-refractivity contribution in [2.75, 3.05) is 14.2 Å². The fourth-order valence-electron chi connectivity index (χ4n) is 0.865. The monoisotopic (exact) mass is 185 g/mol. The summed E-state index contributed by atoms with van der Waals surface area (Å²) in [7, 11) is 2.83. The summed E-state index contributed by atoms with van der Waals surface area (Å²) < 4.78 is 4.52. The highest BCUT2D eigenvalue weighted by atomic mass is 16.5. The molecule has 0 saturated carbocycles. The predicted molar refractivity (Wildman–Crippen MR) is 51.0 cm³/mol. The van der Waals surface area contributed by atoms with Gasteiger partial charge in [-0.15, -0.1) is 0 Å². The lowest BCUT2D eigenvalue weighted by Gasteiger charge is -2.06. The van der Waals surface area contributed by atoms with E-state index >= 15 is 0 Å². The van der Waals surface area contributed by atoms with E-state index in [0.717, 1.165) is 0 Å². The number of nitrogens with zero attached hydrogens (tertiary/aromatic N) is 1. The third-order valence-corrected chi connectivity index (χ3v) is 1.71. The third-order valence-electron chi connectivity index (χ3n) is 1.71. The van der Waals surface area contributed by atoms with E-state index in [2.05, 4.69) is 9.73 Å². The SMILES string of the molecule is CCC(O)=C(C(=O)OC)C(C)=NC. The molecule has 0 aliphatic carbocycles. The molecule has 0 radical (unpaired) electrons. The lowest BCUT2D eigenvalue weighted by Crippen LogP contribution is -2.14. The largest absolute Gasteiger partial charge is 0.511 e. The van der Waals surface area contributed by atoms with Gasteiger partial charge in [0.1, 0.15) is 11.3 Å². The number of hydrogen-bond donors (Lipinski definition) is 1. The van der Waals surface area contributed by atoms with Crippen molar-refractivity contribution in [3.8, 4) is 0 Å². The molecule has 1 N–H and O–H groups in total. The van der Waals surface area contributed by atoms with Gasteiger partial charge in [-0.2, -0.15) is 0 Å². The average Bonchev–Trinajstić information content (AvgIpc) is 2.16. The van der Waals surface area contributed by atoms with E-state index in [9.17, 15) is 9.90 Å². The maximum Gasteiger partial charge on any atom is 0.343 e. The Labute approximate surface area is 77.9 Å². The van der Waals surface area contributed by atoms with Crippen LogP contribution in [0.2, 0.25) is 0 Å². The second-order valence-electron chi connectivity index (χ2n) is 2.48. The van der Waals surface area contributed by atoms with Crippen LogP contribution in [0.3, 0.4) is 0 Å². The second-order valence-corrected chi connectivity index (χ2v) is 2.48. The molecule has 0 unspecified atom stereocenters. The Morgan fingerprint density at radius 2 is 2.08 bits per heavy atom. The molecule has 0 atom stereocenters. The Morgan fingerprint density at radius 3 is 2.38 bits per heavy atom. The maximum atomic E-state index is 11.2. The van der Waals surface area contributed by atoms with Crippen molar-refractivity contribution in [2.24, 2.45) is 4.99 Å². The van der Waals surface area contributed by atoms with Crippen LogP contribution in [0.1, 0.15) is 20.3 Å². The highest BCUT2D eigenvalue weighted by Crippen LogP contribution is 2.09. The van der Waals surface area contributed by atoms with Crippen molar-refractivity contribution in [3.05, 3.63) is 11.3 Å². The first-order valence-corrected chi connectivity index (χ1v) is 4.02. The summed E-state index contributed by atoms with van der Waals surface area (Å²) in [5, 5.41) is 9.42. The molecule has 0 spiro atoms. The van der Waals surface area contributed by atoms with Gasteiger partial charge in [0.2, 0.25) is 0 Å². The summed E-state index contributed by atoms with van der Waals surface area (Å²) in [6, 6.07) is 0. The molecule has 0 aromatic heterocycles. The second kappa shape index (κ2) is 5.35. The minimum Gasteiger partial charge on any atom is -0.511 e.